The fourth-order valence-corrected chi connectivity index (χ4v) is 2.38. The van der Waals surface area contributed by atoms with Crippen molar-refractivity contribution in [2.24, 2.45) is 0 Å². The molecule has 0 saturated heterocycles. The lowest BCUT2D eigenvalue weighted by Gasteiger charge is -2.12. The molecule has 1 rings (SSSR count). The van der Waals surface area contributed by atoms with Gasteiger partial charge in [-0.2, -0.15) is 0 Å². The number of rotatable bonds is 7. The van der Waals surface area contributed by atoms with Crippen molar-refractivity contribution >= 4 is 29.3 Å². The van der Waals surface area contributed by atoms with Crippen LogP contribution in [0.3, 0.4) is 0 Å². The highest BCUT2D eigenvalue weighted by Crippen LogP contribution is 2.25. The van der Waals surface area contributed by atoms with E-state index in [0.717, 1.165) is 0 Å². The summed E-state index contributed by atoms with van der Waals surface area (Å²) in [6.07, 6.45) is 0. The van der Waals surface area contributed by atoms with E-state index in [9.17, 15) is 19.7 Å². The third-order valence-electron chi connectivity index (χ3n) is 2.49. The number of non-ortho nitro benzene ring substituents is 1. The second-order valence-electron chi connectivity index (χ2n) is 4.84. The first-order valence-corrected chi connectivity index (χ1v) is 7.54. The van der Waals surface area contributed by atoms with E-state index in [1.165, 1.54) is 23.9 Å². The van der Waals surface area contributed by atoms with Crippen molar-refractivity contribution in [3.63, 3.8) is 0 Å². The molecule has 7 nitrogen and oxygen atoms in total. The number of hydrogen-bond donors (Lipinski definition) is 1. The van der Waals surface area contributed by atoms with Gasteiger partial charge in [0, 0.05) is 23.1 Å². The van der Waals surface area contributed by atoms with E-state index in [2.05, 4.69) is 5.32 Å². The Labute approximate surface area is 132 Å². The molecule has 1 N–H and O–H groups in total. The number of ether oxygens (including phenoxy) is 1. The Hall–Kier alpha value is -2.09. The van der Waals surface area contributed by atoms with E-state index in [1.807, 2.05) is 13.8 Å². The molecule has 0 fully saturated rings. The minimum absolute atomic E-state index is 0.00932. The molecule has 8 heteroatoms. The van der Waals surface area contributed by atoms with E-state index in [1.54, 1.807) is 19.1 Å². The summed E-state index contributed by atoms with van der Waals surface area (Å²) in [5.74, 6) is -0.863. The number of amides is 1. The van der Waals surface area contributed by atoms with Crippen LogP contribution in [0.4, 0.5) is 5.69 Å². The topological polar surface area (TPSA) is 98.5 Å². The molecule has 1 aromatic carbocycles. The lowest BCUT2D eigenvalue weighted by atomic mass is 10.3. The second kappa shape index (κ2) is 8.38. The number of carbonyl (C=O) groups is 2. The van der Waals surface area contributed by atoms with Crippen molar-refractivity contribution in [1.29, 1.82) is 0 Å². The molecule has 22 heavy (non-hydrogen) atoms. The van der Waals surface area contributed by atoms with Crippen LogP contribution in [0.1, 0.15) is 20.8 Å². The van der Waals surface area contributed by atoms with Crippen molar-refractivity contribution in [2.45, 2.75) is 37.0 Å². The van der Waals surface area contributed by atoms with Gasteiger partial charge in [-0.3, -0.25) is 19.7 Å². The van der Waals surface area contributed by atoms with Crippen LogP contribution >= 0.6 is 11.8 Å². The Bertz CT molecular complexity index is 545. The van der Waals surface area contributed by atoms with Crippen LogP contribution in [0.25, 0.3) is 0 Å². The lowest BCUT2D eigenvalue weighted by molar-refractivity contribution is -0.384. The molecule has 1 aromatic rings. The van der Waals surface area contributed by atoms with Crippen LogP contribution in [-0.4, -0.2) is 34.7 Å². The standard InChI is InChI=1S/C14H18N2O5S/c1-9(2)15-13(17)8-21-14(18)10(3)22-12-6-4-11(5-7-12)16(19)20/h4-7,9-10H,8H2,1-3H3,(H,15,17)/t10-/m1/s1. The Morgan fingerprint density at radius 2 is 1.86 bits per heavy atom. The molecule has 0 unspecified atom stereocenters. The van der Waals surface area contributed by atoms with E-state index >= 15 is 0 Å². The number of nitrogens with zero attached hydrogens (tertiary/aromatic N) is 1. The summed E-state index contributed by atoms with van der Waals surface area (Å²) in [5, 5.41) is 12.7. The van der Waals surface area contributed by atoms with Gasteiger partial charge in [0.25, 0.3) is 11.6 Å². The normalized spacial score (nSPS) is 11.8. The SMILES string of the molecule is CC(C)NC(=O)COC(=O)[C@@H](C)Sc1ccc([N+](=O)[O-])cc1. The van der Waals surface area contributed by atoms with Crippen LogP contribution in [0.15, 0.2) is 29.2 Å². The number of benzene rings is 1. The lowest BCUT2D eigenvalue weighted by Crippen LogP contribution is -2.34. The van der Waals surface area contributed by atoms with Crippen LogP contribution in [0, 0.1) is 10.1 Å². The third-order valence-corrected chi connectivity index (χ3v) is 3.58. The largest absolute Gasteiger partial charge is 0.455 e. The Kier molecular flexibility index (Phi) is 6.84. The molecular formula is C14H18N2O5S. The zero-order valence-corrected chi connectivity index (χ0v) is 13.4. The maximum Gasteiger partial charge on any atom is 0.319 e. The van der Waals surface area contributed by atoms with Gasteiger partial charge in [-0.15, -0.1) is 11.8 Å². The zero-order chi connectivity index (χ0) is 16.7. The fourth-order valence-electron chi connectivity index (χ4n) is 1.52. The van der Waals surface area contributed by atoms with E-state index in [-0.39, 0.29) is 24.2 Å². The van der Waals surface area contributed by atoms with Gasteiger partial charge in [-0.05, 0) is 32.9 Å². The molecule has 0 aliphatic rings. The van der Waals surface area contributed by atoms with E-state index in [0.29, 0.717) is 4.90 Å². The minimum Gasteiger partial charge on any atom is -0.455 e. The Balaban J connectivity index is 2.46. The van der Waals surface area contributed by atoms with Gasteiger partial charge in [0.2, 0.25) is 0 Å². The molecule has 0 aliphatic carbocycles. The summed E-state index contributed by atoms with van der Waals surface area (Å²) in [6, 6.07) is 5.86. The number of nitro groups is 1. The van der Waals surface area contributed by atoms with Crippen molar-refractivity contribution in [3.8, 4) is 0 Å². The highest BCUT2D eigenvalue weighted by molar-refractivity contribution is 8.00. The number of nitro benzene ring substituents is 1. The quantitative estimate of drug-likeness (QED) is 0.357. The van der Waals surface area contributed by atoms with Gasteiger partial charge in [-0.25, -0.2) is 0 Å². The molecule has 120 valence electrons. The van der Waals surface area contributed by atoms with Crippen molar-refractivity contribution < 1.29 is 19.2 Å². The Morgan fingerprint density at radius 1 is 1.27 bits per heavy atom. The van der Waals surface area contributed by atoms with Crippen LogP contribution in [0.2, 0.25) is 0 Å². The van der Waals surface area contributed by atoms with Gasteiger partial charge in [0.15, 0.2) is 6.61 Å². The average molecular weight is 326 g/mol. The molecule has 0 bridgehead atoms. The monoisotopic (exact) mass is 326 g/mol. The van der Waals surface area contributed by atoms with Crippen molar-refractivity contribution in [3.05, 3.63) is 34.4 Å². The molecule has 1 atom stereocenters. The number of carbonyl (C=O) groups excluding carboxylic acids is 2. The van der Waals surface area contributed by atoms with Gasteiger partial charge < -0.3 is 10.1 Å². The molecule has 0 aromatic heterocycles. The summed E-state index contributed by atoms with van der Waals surface area (Å²) in [5.41, 5.74) is -0.00932. The van der Waals surface area contributed by atoms with Gasteiger partial charge >= 0.3 is 5.97 Å². The number of hydrogen-bond acceptors (Lipinski definition) is 6. The number of thioether (sulfide) groups is 1. The maximum atomic E-state index is 11.8. The maximum absolute atomic E-state index is 11.8. The van der Waals surface area contributed by atoms with E-state index < -0.39 is 16.1 Å². The molecule has 0 saturated carbocycles. The molecule has 0 heterocycles. The first-order valence-electron chi connectivity index (χ1n) is 6.66. The third kappa shape index (κ3) is 6.13. The van der Waals surface area contributed by atoms with Crippen LogP contribution < -0.4 is 5.32 Å². The fraction of sp³-hybridized carbons (Fsp3) is 0.429. The van der Waals surface area contributed by atoms with Crippen molar-refractivity contribution in [2.75, 3.05) is 6.61 Å². The summed E-state index contributed by atoms with van der Waals surface area (Å²) in [4.78, 5) is 33.9. The molecule has 0 radical (unpaired) electrons. The average Bonchev–Trinajstić information content (AvgIpc) is 2.44. The van der Waals surface area contributed by atoms with E-state index in [4.69, 9.17) is 4.74 Å². The van der Waals surface area contributed by atoms with Crippen molar-refractivity contribution in [1.82, 2.24) is 5.32 Å². The predicted octanol–water partition coefficient (Wildman–Crippen LogP) is 2.14. The smallest absolute Gasteiger partial charge is 0.319 e. The van der Waals surface area contributed by atoms with Gasteiger partial charge in [-0.1, -0.05) is 0 Å². The predicted molar refractivity (Wildman–Crippen MR) is 82.7 cm³/mol. The summed E-state index contributed by atoms with van der Waals surface area (Å²) in [6.45, 7) is 4.95. The molecule has 0 aliphatic heterocycles. The highest BCUT2D eigenvalue weighted by Gasteiger charge is 2.18. The zero-order valence-electron chi connectivity index (χ0n) is 12.6. The summed E-state index contributed by atoms with van der Waals surface area (Å²) >= 11 is 1.21. The van der Waals surface area contributed by atoms with Crippen LogP contribution in [0.5, 0.6) is 0 Å². The Morgan fingerprint density at radius 3 is 2.36 bits per heavy atom. The molecule has 1 amide bonds. The number of nitrogens with one attached hydrogen (secondary N) is 1. The summed E-state index contributed by atoms with van der Waals surface area (Å²) < 4.78 is 4.92. The summed E-state index contributed by atoms with van der Waals surface area (Å²) in [7, 11) is 0. The first-order chi connectivity index (χ1) is 10.3. The highest BCUT2D eigenvalue weighted by atomic mass is 32.2. The second-order valence-corrected chi connectivity index (χ2v) is 6.26. The minimum atomic E-state index is -0.520. The molecular weight excluding hydrogens is 308 g/mol. The first kappa shape index (κ1) is 18.0. The van der Waals surface area contributed by atoms with Gasteiger partial charge in [0.05, 0.1) is 4.92 Å². The number of esters is 1. The van der Waals surface area contributed by atoms with Crippen LogP contribution in [-0.2, 0) is 14.3 Å². The van der Waals surface area contributed by atoms with Gasteiger partial charge in [0.1, 0.15) is 5.25 Å². The molecule has 0 spiro atoms.